The molecule has 0 radical (unpaired) electrons. The highest BCUT2D eigenvalue weighted by Gasteiger charge is 2.20. The van der Waals surface area contributed by atoms with Gasteiger partial charge in [0.1, 0.15) is 0 Å². The summed E-state index contributed by atoms with van der Waals surface area (Å²) in [5, 5.41) is 0. The van der Waals surface area contributed by atoms with Gasteiger partial charge >= 0.3 is 7.25 Å². The second-order valence-corrected chi connectivity index (χ2v) is 5.41. The quantitative estimate of drug-likeness (QED) is 0.563. The van der Waals surface area contributed by atoms with Gasteiger partial charge in [0.15, 0.2) is 0 Å². The first-order valence-electron chi connectivity index (χ1n) is 6.31. The maximum absolute atomic E-state index is 9.75. The van der Waals surface area contributed by atoms with Crippen molar-refractivity contribution in [2.24, 2.45) is 0 Å². The van der Waals surface area contributed by atoms with E-state index in [1.54, 1.807) is 0 Å². The molecule has 0 N–H and O–H groups in total. The summed E-state index contributed by atoms with van der Waals surface area (Å²) in [6.07, 6.45) is 0. The van der Waals surface area contributed by atoms with Crippen molar-refractivity contribution in [3.63, 3.8) is 0 Å². The molecule has 0 atom stereocenters. The summed E-state index contributed by atoms with van der Waals surface area (Å²) in [4.78, 5) is 3.83. The van der Waals surface area contributed by atoms with Crippen LogP contribution in [0.4, 0.5) is 23.0 Å². The molecule has 112 valence electrons. The van der Waals surface area contributed by atoms with Crippen LogP contribution < -0.4 is 4.90 Å². The van der Waals surface area contributed by atoms with Gasteiger partial charge in [-0.25, -0.2) is 0 Å². The zero-order valence-corrected chi connectivity index (χ0v) is 11.9. The maximum atomic E-state index is 9.75. The number of nitrogens with zero attached hydrogens (tertiary/aromatic N) is 1. The first kappa shape index (κ1) is 15.8. The number of fused-ring (bicyclic) bond motifs is 1. The smallest absolute Gasteiger partial charge is 0.418 e. The van der Waals surface area contributed by atoms with E-state index < -0.39 is 7.25 Å². The van der Waals surface area contributed by atoms with Crippen LogP contribution in [-0.4, -0.2) is 13.1 Å². The normalized spacial score (nSPS) is 13.4. The van der Waals surface area contributed by atoms with E-state index in [9.17, 15) is 17.3 Å². The van der Waals surface area contributed by atoms with Crippen LogP contribution in [0.3, 0.4) is 0 Å². The first-order valence-corrected chi connectivity index (χ1v) is 7.30. The topological polar surface area (TPSA) is 3.24 Å². The first-order chi connectivity index (χ1) is 9.93. The number of anilines is 1. The van der Waals surface area contributed by atoms with Gasteiger partial charge in [-0.2, -0.15) is 0 Å². The van der Waals surface area contributed by atoms with Crippen molar-refractivity contribution in [2.75, 3.05) is 10.8 Å². The molecule has 3 rings (SSSR count). The van der Waals surface area contributed by atoms with Gasteiger partial charge in [-0.05, 0) is 17.7 Å². The van der Waals surface area contributed by atoms with Crippen molar-refractivity contribution in [1.29, 1.82) is 0 Å². The fourth-order valence-corrected chi connectivity index (χ4v) is 3.04. The Hall–Kier alpha value is -1.63. The van der Waals surface area contributed by atoms with E-state index in [-0.39, 0.29) is 0 Å². The Morgan fingerprint density at radius 1 is 0.905 bits per heavy atom. The summed E-state index contributed by atoms with van der Waals surface area (Å²) in [7, 11) is -6.00. The molecule has 2 aromatic carbocycles. The van der Waals surface area contributed by atoms with E-state index in [0.717, 1.165) is 12.4 Å². The van der Waals surface area contributed by atoms with Crippen LogP contribution in [0.15, 0.2) is 59.5 Å². The molecule has 1 heterocycles. The Balaban J connectivity index is 0.000000282. The van der Waals surface area contributed by atoms with E-state index in [1.165, 1.54) is 16.1 Å². The summed E-state index contributed by atoms with van der Waals surface area (Å²) in [6, 6.07) is 19.3. The van der Waals surface area contributed by atoms with Gasteiger partial charge in [-0.15, -0.1) is 11.8 Å². The number of hydrogen-bond acceptors (Lipinski definition) is 2. The van der Waals surface area contributed by atoms with Gasteiger partial charge < -0.3 is 22.2 Å². The summed E-state index contributed by atoms with van der Waals surface area (Å²) < 4.78 is 39.0. The van der Waals surface area contributed by atoms with Crippen molar-refractivity contribution < 1.29 is 17.3 Å². The molecular weight excluding hydrogens is 301 g/mol. The highest BCUT2D eigenvalue weighted by molar-refractivity contribution is 7.99. The highest BCUT2D eigenvalue weighted by Crippen LogP contribution is 2.38. The lowest BCUT2D eigenvalue weighted by molar-refractivity contribution is 0.368. The minimum absolute atomic E-state index is 1.00. The average molecular weight is 314 g/mol. The molecule has 0 unspecified atom stereocenters. The van der Waals surface area contributed by atoms with Crippen LogP contribution in [0.5, 0.6) is 0 Å². The molecular formula is C14H13BF4NS-. The summed E-state index contributed by atoms with van der Waals surface area (Å²) in [5.41, 5.74) is 2.75. The maximum Gasteiger partial charge on any atom is 0.673 e. The summed E-state index contributed by atoms with van der Waals surface area (Å²) in [6.45, 7) is 1.00. The largest absolute Gasteiger partial charge is 0.673 e. The van der Waals surface area contributed by atoms with Crippen LogP contribution in [0, 0.1) is 0 Å². The third kappa shape index (κ3) is 5.34. The minimum Gasteiger partial charge on any atom is -0.418 e. The standard InChI is InChI=1S/C14H13NS.BF4/c1-2-6-12(7-3-1)10-15-11-16-14-9-5-4-8-13(14)15;2-1(3,4)5/h1-9H,10-11H2;/q;-1. The van der Waals surface area contributed by atoms with Crippen LogP contribution >= 0.6 is 11.8 Å². The van der Waals surface area contributed by atoms with E-state index >= 15 is 0 Å². The monoisotopic (exact) mass is 314 g/mol. The molecule has 0 aliphatic carbocycles. The van der Waals surface area contributed by atoms with Gasteiger partial charge in [0, 0.05) is 11.4 Å². The number of thioether (sulfide) groups is 1. The number of hydrogen-bond donors (Lipinski definition) is 0. The molecule has 21 heavy (non-hydrogen) atoms. The van der Waals surface area contributed by atoms with Crippen LogP contribution in [-0.2, 0) is 6.54 Å². The number of benzene rings is 2. The predicted octanol–water partition coefficient (Wildman–Crippen LogP) is 5.06. The minimum atomic E-state index is -6.00. The Bertz CT molecular complexity index is 571. The fraction of sp³-hybridized carbons (Fsp3) is 0.143. The van der Waals surface area contributed by atoms with Gasteiger partial charge in [-0.1, -0.05) is 42.5 Å². The number of rotatable bonds is 2. The Morgan fingerprint density at radius 2 is 1.48 bits per heavy atom. The zero-order valence-electron chi connectivity index (χ0n) is 11.1. The molecule has 1 aliphatic heterocycles. The molecule has 1 nitrogen and oxygen atoms in total. The van der Waals surface area contributed by atoms with Gasteiger partial charge in [0.25, 0.3) is 0 Å². The predicted molar refractivity (Wildman–Crippen MR) is 80.0 cm³/mol. The molecule has 1 aliphatic rings. The Morgan fingerprint density at radius 3 is 2.14 bits per heavy atom. The van der Waals surface area contributed by atoms with Crippen molar-refractivity contribution >= 4 is 24.7 Å². The summed E-state index contributed by atoms with van der Waals surface area (Å²) >= 11 is 1.92. The van der Waals surface area contributed by atoms with Crippen LogP contribution in [0.1, 0.15) is 5.56 Å². The summed E-state index contributed by atoms with van der Waals surface area (Å²) in [5.74, 6) is 1.06. The van der Waals surface area contributed by atoms with Crippen LogP contribution in [0.2, 0.25) is 0 Å². The number of para-hydroxylation sites is 1. The SMILES string of the molecule is F[B-](F)(F)F.c1ccc(CN2CSc3ccccc32)cc1. The van der Waals surface area contributed by atoms with Crippen molar-refractivity contribution in [3.05, 3.63) is 60.2 Å². The highest BCUT2D eigenvalue weighted by atomic mass is 32.2. The van der Waals surface area contributed by atoms with E-state index in [2.05, 4.69) is 59.5 Å². The second-order valence-electron chi connectivity index (χ2n) is 4.42. The lowest BCUT2D eigenvalue weighted by Crippen LogP contribution is -2.17. The Labute approximate surface area is 125 Å². The molecule has 0 spiro atoms. The number of halogens is 4. The van der Waals surface area contributed by atoms with E-state index in [0.29, 0.717) is 0 Å². The molecule has 0 saturated carbocycles. The van der Waals surface area contributed by atoms with Gasteiger partial charge in [0.05, 0.1) is 11.6 Å². The van der Waals surface area contributed by atoms with Gasteiger partial charge in [-0.3, -0.25) is 0 Å². The van der Waals surface area contributed by atoms with E-state index in [4.69, 9.17) is 0 Å². The van der Waals surface area contributed by atoms with Gasteiger partial charge in [0.2, 0.25) is 0 Å². The average Bonchev–Trinajstić information content (AvgIpc) is 2.82. The molecule has 0 fully saturated rings. The molecule has 7 heteroatoms. The van der Waals surface area contributed by atoms with Crippen LogP contribution in [0.25, 0.3) is 0 Å². The third-order valence-electron chi connectivity index (χ3n) is 2.80. The third-order valence-corrected chi connectivity index (χ3v) is 3.90. The van der Waals surface area contributed by atoms with Crippen molar-refractivity contribution in [2.45, 2.75) is 11.4 Å². The molecule has 0 amide bonds. The van der Waals surface area contributed by atoms with Crippen molar-refractivity contribution in [3.8, 4) is 0 Å². The van der Waals surface area contributed by atoms with E-state index in [1.807, 2.05) is 11.8 Å². The molecule has 0 saturated heterocycles. The lowest BCUT2D eigenvalue weighted by Gasteiger charge is -2.18. The second kappa shape index (κ2) is 6.89. The zero-order chi connectivity index (χ0) is 15.3. The van der Waals surface area contributed by atoms with Crippen molar-refractivity contribution in [1.82, 2.24) is 0 Å². The molecule has 0 aromatic heterocycles. The molecule has 2 aromatic rings. The Kier molecular flexibility index (Phi) is 5.17. The lowest BCUT2D eigenvalue weighted by atomic mass is 10.2. The fourth-order valence-electron chi connectivity index (χ4n) is 1.99. The molecule has 0 bridgehead atoms.